The topological polar surface area (TPSA) is 76.0 Å². The number of hydrogen-bond donors (Lipinski definition) is 2. The van der Waals surface area contributed by atoms with Gasteiger partial charge < -0.3 is 5.32 Å². The van der Waals surface area contributed by atoms with Gasteiger partial charge in [0.25, 0.3) is 10.0 Å². The van der Waals surface area contributed by atoms with E-state index in [1.54, 1.807) is 7.05 Å². The van der Waals surface area contributed by atoms with Crippen LogP contribution in [0, 0.1) is 0 Å². The summed E-state index contributed by atoms with van der Waals surface area (Å²) >= 11 is 0. The van der Waals surface area contributed by atoms with Gasteiger partial charge in [0.15, 0.2) is 5.03 Å². The minimum atomic E-state index is -3.47. The van der Waals surface area contributed by atoms with Crippen molar-refractivity contribution in [2.24, 2.45) is 7.05 Å². The number of hydrogen-bond acceptors (Lipinski definition) is 4. The van der Waals surface area contributed by atoms with E-state index in [9.17, 15) is 8.42 Å². The average molecular weight is 295 g/mol. The molecule has 2 heterocycles. The fourth-order valence-electron chi connectivity index (χ4n) is 2.09. The van der Waals surface area contributed by atoms with Crippen molar-refractivity contribution in [1.82, 2.24) is 19.8 Å². The molecule has 0 bridgehead atoms. The van der Waals surface area contributed by atoms with Crippen molar-refractivity contribution >= 4 is 22.4 Å². The van der Waals surface area contributed by atoms with E-state index in [-0.39, 0.29) is 29.5 Å². The highest BCUT2D eigenvalue weighted by atomic mass is 35.5. The van der Waals surface area contributed by atoms with Crippen molar-refractivity contribution < 1.29 is 8.42 Å². The Balaban J connectivity index is 0.00000162. The Bertz CT molecular complexity index is 488. The maximum absolute atomic E-state index is 12.1. The van der Waals surface area contributed by atoms with Crippen LogP contribution in [0.15, 0.2) is 17.3 Å². The molecule has 2 rings (SSSR count). The van der Waals surface area contributed by atoms with E-state index in [1.165, 1.54) is 16.9 Å². The van der Waals surface area contributed by atoms with Crippen LogP contribution in [0.3, 0.4) is 0 Å². The molecule has 0 spiro atoms. The third-order valence-electron chi connectivity index (χ3n) is 3.12. The lowest BCUT2D eigenvalue weighted by molar-refractivity contribution is 0.348. The summed E-state index contributed by atoms with van der Waals surface area (Å²) in [4.78, 5) is 0. The van der Waals surface area contributed by atoms with Crippen molar-refractivity contribution in [2.45, 2.75) is 36.9 Å². The number of piperidine rings is 1. The van der Waals surface area contributed by atoms with Gasteiger partial charge in [0, 0.05) is 19.1 Å². The second-order valence-electron chi connectivity index (χ2n) is 4.41. The van der Waals surface area contributed by atoms with E-state index >= 15 is 0 Å². The quantitative estimate of drug-likeness (QED) is 0.838. The van der Waals surface area contributed by atoms with Gasteiger partial charge in [-0.1, -0.05) is 0 Å². The highest BCUT2D eigenvalue weighted by Crippen LogP contribution is 2.13. The number of halogens is 1. The van der Waals surface area contributed by atoms with Gasteiger partial charge in [-0.05, 0) is 32.4 Å². The number of aryl methyl sites for hydroxylation is 1. The first-order valence-corrected chi connectivity index (χ1v) is 7.23. The third kappa shape index (κ3) is 3.23. The van der Waals surface area contributed by atoms with Crippen LogP contribution in [0.25, 0.3) is 0 Å². The van der Waals surface area contributed by atoms with Crippen LogP contribution in [-0.4, -0.2) is 36.8 Å². The predicted molar refractivity (Wildman–Crippen MR) is 71.3 cm³/mol. The van der Waals surface area contributed by atoms with Crippen LogP contribution in [0.1, 0.15) is 19.8 Å². The molecule has 1 saturated heterocycles. The van der Waals surface area contributed by atoms with Gasteiger partial charge in [0.1, 0.15) is 0 Å². The Morgan fingerprint density at radius 3 is 2.83 bits per heavy atom. The van der Waals surface area contributed by atoms with E-state index in [0.29, 0.717) is 0 Å². The summed E-state index contributed by atoms with van der Waals surface area (Å²) in [6.07, 6.45) is 3.34. The molecule has 104 valence electrons. The summed E-state index contributed by atoms with van der Waals surface area (Å²) in [7, 11) is -1.85. The second-order valence-corrected chi connectivity index (χ2v) is 6.07. The molecule has 0 amide bonds. The molecular formula is C10H19ClN4O2S. The molecule has 1 aliphatic rings. The van der Waals surface area contributed by atoms with E-state index in [0.717, 1.165) is 19.4 Å². The van der Waals surface area contributed by atoms with Crippen molar-refractivity contribution in [1.29, 1.82) is 0 Å². The van der Waals surface area contributed by atoms with Crippen molar-refractivity contribution in [3.05, 3.63) is 12.3 Å². The van der Waals surface area contributed by atoms with Gasteiger partial charge in [0.2, 0.25) is 0 Å². The summed E-state index contributed by atoms with van der Waals surface area (Å²) in [5.74, 6) is 0. The SMILES string of the molecule is CC1NCCCC1NS(=O)(=O)c1ccnn1C.Cl. The van der Waals surface area contributed by atoms with Gasteiger partial charge in [0.05, 0.1) is 6.20 Å². The third-order valence-corrected chi connectivity index (χ3v) is 4.68. The zero-order valence-corrected chi connectivity index (χ0v) is 12.1. The van der Waals surface area contributed by atoms with Gasteiger partial charge in [-0.25, -0.2) is 13.1 Å². The Labute approximate surface area is 114 Å². The molecular weight excluding hydrogens is 276 g/mol. The molecule has 8 heteroatoms. The minimum absolute atomic E-state index is 0. The fourth-order valence-corrected chi connectivity index (χ4v) is 3.57. The number of sulfonamides is 1. The number of nitrogens with zero attached hydrogens (tertiary/aromatic N) is 2. The van der Waals surface area contributed by atoms with E-state index in [4.69, 9.17) is 0 Å². The standard InChI is InChI=1S/C10H18N4O2S.ClH/c1-8-9(4-3-6-11-8)13-17(15,16)10-5-7-12-14(10)2;/h5,7-9,11,13H,3-4,6H2,1-2H3;1H. The smallest absolute Gasteiger partial charge is 0.258 e. The molecule has 0 radical (unpaired) electrons. The van der Waals surface area contributed by atoms with E-state index in [2.05, 4.69) is 15.1 Å². The summed E-state index contributed by atoms with van der Waals surface area (Å²) in [5, 5.41) is 7.35. The Hall–Kier alpha value is -0.630. The molecule has 2 atom stereocenters. The predicted octanol–water partition coefficient (Wildman–Crippen LogP) is 0.261. The summed E-state index contributed by atoms with van der Waals surface area (Å²) in [6, 6.07) is 1.61. The lowest BCUT2D eigenvalue weighted by atomic mass is 10.0. The Morgan fingerprint density at radius 1 is 1.56 bits per heavy atom. The van der Waals surface area contributed by atoms with Crippen molar-refractivity contribution in [3.8, 4) is 0 Å². The number of nitrogens with one attached hydrogen (secondary N) is 2. The second kappa shape index (κ2) is 6.01. The largest absolute Gasteiger partial charge is 0.313 e. The number of aromatic nitrogens is 2. The number of rotatable bonds is 3. The molecule has 18 heavy (non-hydrogen) atoms. The molecule has 0 aromatic carbocycles. The van der Waals surface area contributed by atoms with Gasteiger partial charge in [-0.15, -0.1) is 12.4 Å². The van der Waals surface area contributed by atoms with Crippen LogP contribution < -0.4 is 10.0 Å². The first-order valence-electron chi connectivity index (χ1n) is 5.74. The van der Waals surface area contributed by atoms with Crippen LogP contribution in [0.5, 0.6) is 0 Å². The maximum Gasteiger partial charge on any atom is 0.258 e. The molecule has 2 N–H and O–H groups in total. The first-order chi connectivity index (χ1) is 8.00. The molecule has 1 aromatic rings. The minimum Gasteiger partial charge on any atom is -0.313 e. The summed E-state index contributed by atoms with van der Waals surface area (Å²) in [6.45, 7) is 2.95. The molecule has 1 fully saturated rings. The Kier molecular flexibility index (Phi) is 5.15. The monoisotopic (exact) mass is 294 g/mol. The van der Waals surface area contributed by atoms with Crippen molar-refractivity contribution in [2.75, 3.05) is 6.54 Å². The molecule has 0 aliphatic carbocycles. The molecule has 6 nitrogen and oxygen atoms in total. The molecule has 1 aromatic heterocycles. The van der Waals surface area contributed by atoms with E-state index in [1.807, 2.05) is 6.92 Å². The lowest BCUT2D eigenvalue weighted by Gasteiger charge is -2.30. The van der Waals surface area contributed by atoms with Crippen LogP contribution in [0.2, 0.25) is 0 Å². The molecule has 1 aliphatic heterocycles. The van der Waals surface area contributed by atoms with Crippen molar-refractivity contribution in [3.63, 3.8) is 0 Å². The zero-order valence-electron chi connectivity index (χ0n) is 10.5. The average Bonchev–Trinajstić information content (AvgIpc) is 2.68. The van der Waals surface area contributed by atoms with E-state index < -0.39 is 10.0 Å². The normalized spacial score (nSPS) is 24.6. The van der Waals surface area contributed by atoms with Gasteiger partial charge in [-0.3, -0.25) is 4.68 Å². The Morgan fingerprint density at radius 2 is 2.28 bits per heavy atom. The summed E-state index contributed by atoms with van der Waals surface area (Å²) < 4.78 is 28.4. The van der Waals surface area contributed by atoms with Crippen LogP contribution in [0.4, 0.5) is 0 Å². The maximum atomic E-state index is 12.1. The summed E-state index contributed by atoms with van der Waals surface area (Å²) in [5.41, 5.74) is 0. The lowest BCUT2D eigenvalue weighted by Crippen LogP contribution is -2.51. The fraction of sp³-hybridized carbons (Fsp3) is 0.700. The highest BCUT2D eigenvalue weighted by molar-refractivity contribution is 7.89. The van der Waals surface area contributed by atoms with Crippen LogP contribution in [-0.2, 0) is 17.1 Å². The van der Waals surface area contributed by atoms with Crippen LogP contribution >= 0.6 is 12.4 Å². The zero-order chi connectivity index (χ0) is 12.5. The molecule has 2 unspecified atom stereocenters. The highest BCUT2D eigenvalue weighted by Gasteiger charge is 2.27. The van der Waals surface area contributed by atoms with Gasteiger partial charge in [-0.2, -0.15) is 5.10 Å². The molecule has 0 saturated carbocycles. The first kappa shape index (κ1) is 15.4. The van der Waals surface area contributed by atoms with Gasteiger partial charge >= 0.3 is 0 Å².